The predicted octanol–water partition coefficient (Wildman–Crippen LogP) is 3.07. The molecule has 1 saturated heterocycles. The van der Waals surface area contributed by atoms with Gasteiger partial charge < -0.3 is 4.74 Å². The maximum Gasteiger partial charge on any atom is 0.337 e. The van der Waals surface area contributed by atoms with Crippen molar-refractivity contribution >= 4 is 12.2 Å². The lowest BCUT2D eigenvalue weighted by Gasteiger charge is -2.36. The molecule has 1 aliphatic heterocycles. The van der Waals surface area contributed by atoms with Crippen LogP contribution in [0.3, 0.4) is 0 Å². The number of hydrogen-bond acceptors (Lipinski definition) is 4. The molecule has 0 amide bonds. The number of rotatable bonds is 3. The van der Waals surface area contributed by atoms with Crippen molar-refractivity contribution in [2.75, 3.05) is 7.11 Å². The van der Waals surface area contributed by atoms with Crippen LogP contribution in [0.15, 0.2) is 29.4 Å². The Kier molecular flexibility index (Phi) is 4.77. The Morgan fingerprint density at radius 3 is 2.40 bits per heavy atom. The minimum atomic E-state index is -0.313. The summed E-state index contributed by atoms with van der Waals surface area (Å²) in [5.41, 5.74) is 1.55. The van der Waals surface area contributed by atoms with Gasteiger partial charge in [-0.1, -0.05) is 12.1 Å². The Morgan fingerprint density at radius 2 is 1.85 bits per heavy atom. The number of benzene rings is 1. The largest absolute Gasteiger partial charge is 0.465 e. The van der Waals surface area contributed by atoms with Crippen LogP contribution >= 0.6 is 0 Å². The normalized spacial score (nSPS) is 23.1. The zero-order valence-corrected chi connectivity index (χ0v) is 12.4. The number of carbonyl (C=O) groups is 1. The molecule has 1 aliphatic rings. The van der Waals surface area contributed by atoms with E-state index in [1.165, 1.54) is 26.4 Å². The first-order valence-electron chi connectivity index (χ1n) is 7.12. The van der Waals surface area contributed by atoms with Crippen LogP contribution in [0.2, 0.25) is 0 Å². The summed E-state index contributed by atoms with van der Waals surface area (Å²) in [4.78, 5) is 11.4. The monoisotopic (exact) mass is 274 g/mol. The van der Waals surface area contributed by atoms with Crippen LogP contribution in [0.5, 0.6) is 0 Å². The molecule has 2 atom stereocenters. The van der Waals surface area contributed by atoms with Gasteiger partial charge in [0.25, 0.3) is 0 Å². The average Bonchev–Trinajstić information content (AvgIpc) is 2.46. The molecule has 0 aliphatic carbocycles. The van der Waals surface area contributed by atoms with Crippen LogP contribution in [0, 0.1) is 0 Å². The summed E-state index contributed by atoms with van der Waals surface area (Å²) in [6, 6.07) is 8.27. The highest BCUT2D eigenvalue weighted by atomic mass is 16.5. The molecule has 1 fully saturated rings. The number of methoxy groups -OCH3 is 1. The first-order chi connectivity index (χ1) is 9.61. The lowest BCUT2D eigenvalue weighted by atomic mass is 10.00. The zero-order chi connectivity index (χ0) is 14.5. The molecule has 0 N–H and O–H groups in total. The molecule has 108 valence electrons. The fourth-order valence-corrected chi connectivity index (χ4v) is 2.59. The lowest BCUT2D eigenvalue weighted by molar-refractivity contribution is 0.0600. The molecule has 0 spiro atoms. The standard InChI is InChI=1S/C16H22N2O2/c1-12-5-4-6-13(2)18(12)17-11-14-7-9-15(10-8-14)16(19)20-3/h7-13H,4-6H2,1-3H3/b17-11-/t12-,13-/m0/s1. The Hall–Kier alpha value is -1.84. The summed E-state index contributed by atoms with van der Waals surface area (Å²) in [6.45, 7) is 4.43. The van der Waals surface area contributed by atoms with E-state index < -0.39 is 0 Å². The smallest absolute Gasteiger partial charge is 0.337 e. The van der Waals surface area contributed by atoms with Crippen molar-refractivity contribution in [3.63, 3.8) is 0 Å². The number of esters is 1. The molecule has 0 saturated carbocycles. The van der Waals surface area contributed by atoms with Gasteiger partial charge in [0.05, 0.1) is 18.9 Å². The molecule has 0 bridgehead atoms. The Labute approximate surface area is 120 Å². The van der Waals surface area contributed by atoms with Crippen LogP contribution in [0.4, 0.5) is 0 Å². The lowest BCUT2D eigenvalue weighted by Crippen LogP contribution is -2.39. The van der Waals surface area contributed by atoms with Gasteiger partial charge in [0, 0.05) is 12.1 Å². The second kappa shape index (κ2) is 6.55. The fourth-order valence-electron chi connectivity index (χ4n) is 2.59. The summed E-state index contributed by atoms with van der Waals surface area (Å²) >= 11 is 0. The van der Waals surface area contributed by atoms with E-state index in [9.17, 15) is 4.79 Å². The first-order valence-corrected chi connectivity index (χ1v) is 7.12. The minimum Gasteiger partial charge on any atom is -0.465 e. The van der Waals surface area contributed by atoms with Gasteiger partial charge >= 0.3 is 5.97 Å². The molecule has 1 aromatic rings. The third-order valence-corrected chi connectivity index (χ3v) is 3.82. The maximum absolute atomic E-state index is 11.4. The van der Waals surface area contributed by atoms with Crippen LogP contribution in [0.25, 0.3) is 0 Å². The highest BCUT2D eigenvalue weighted by molar-refractivity contribution is 5.90. The summed E-state index contributed by atoms with van der Waals surface area (Å²) in [5.74, 6) is -0.313. The minimum absolute atomic E-state index is 0.313. The number of carbonyl (C=O) groups excluding carboxylic acids is 1. The molecular weight excluding hydrogens is 252 g/mol. The summed E-state index contributed by atoms with van der Waals surface area (Å²) in [6.07, 6.45) is 5.54. The SMILES string of the molecule is COC(=O)c1ccc(/C=N\N2[C@@H](C)CCC[C@@H]2C)cc1. The molecule has 0 aromatic heterocycles. The molecule has 1 aromatic carbocycles. The third kappa shape index (κ3) is 3.38. The van der Waals surface area contributed by atoms with E-state index in [0.717, 1.165) is 5.56 Å². The molecule has 0 radical (unpaired) electrons. The molecule has 1 heterocycles. The molecule has 20 heavy (non-hydrogen) atoms. The molecule has 0 unspecified atom stereocenters. The Balaban J connectivity index is 2.05. The molecule has 4 heteroatoms. The van der Waals surface area contributed by atoms with Gasteiger partial charge in [-0.15, -0.1) is 0 Å². The van der Waals surface area contributed by atoms with Crippen LogP contribution in [-0.2, 0) is 4.74 Å². The summed E-state index contributed by atoms with van der Waals surface area (Å²) in [7, 11) is 1.39. The van der Waals surface area contributed by atoms with Crippen molar-refractivity contribution in [2.24, 2.45) is 5.10 Å². The second-order valence-corrected chi connectivity index (χ2v) is 5.37. The van der Waals surface area contributed by atoms with Crippen LogP contribution in [-0.4, -0.2) is 36.4 Å². The van der Waals surface area contributed by atoms with Crippen molar-refractivity contribution in [2.45, 2.75) is 45.2 Å². The Bertz CT molecular complexity index is 472. The molecular formula is C16H22N2O2. The van der Waals surface area contributed by atoms with Crippen molar-refractivity contribution in [3.05, 3.63) is 35.4 Å². The van der Waals surface area contributed by atoms with Crippen molar-refractivity contribution in [1.29, 1.82) is 0 Å². The first kappa shape index (κ1) is 14.6. The van der Waals surface area contributed by atoms with Gasteiger partial charge in [-0.2, -0.15) is 5.10 Å². The predicted molar refractivity (Wildman–Crippen MR) is 80.0 cm³/mol. The highest BCUT2D eigenvalue weighted by Crippen LogP contribution is 2.22. The van der Waals surface area contributed by atoms with Crippen molar-refractivity contribution < 1.29 is 9.53 Å². The fraction of sp³-hybridized carbons (Fsp3) is 0.500. The maximum atomic E-state index is 11.4. The second-order valence-electron chi connectivity index (χ2n) is 5.37. The summed E-state index contributed by atoms with van der Waals surface area (Å²) < 4.78 is 4.68. The van der Waals surface area contributed by atoms with Crippen LogP contribution in [0.1, 0.15) is 49.0 Å². The van der Waals surface area contributed by atoms with Gasteiger partial charge in [0.15, 0.2) is 0 Å². The molecule has 2 rings (SSSR count). The molecule has 4 nitrogen and oxygen atoms in total. The number of ether oxygens (including phenoxy) is 1. The number of hydrogen-bond donors (Lipinski definition) is 0. The topological polar surface area (TPSA) is 41.9 Å². The number of hydrazone groups is 1. The van der Waals surface area contributed by atoms with E-state index in [2.05, 4.69) is 28.7 Å². The van der Waals surface area contributed by atoms with Crippen LogP contribution < -0.4 is 0 Å². The zero-order valence-electron chi connectivity index (χ0n) is 12.4. The van der Waals surface area contributed by atoms with Crippen molar-refractivity contribution in [3.8, 4) is 0 Å². The third-order valence-electron chi connectivity index (χ3n) is 3.82. The van der Waals surface area contributed by atoms with E-state index in [0.29, 0.717) is 17.6 Å². The van der Waals surface area contributed by atoms with E-state index in [1.807, 2.05) is 18.3 Å². The average molecular weight is 274 g/mol. The van der Waals surface area contributed by atoms with Gasteiger partial charge in [-0.05, 0) is 50.8 Å². The van der Waals surface area contributed by atoms with E-state index in [4.69, 9.17) is 0 Å². The van der Waals surface area contributed by atoms with Crippen molar-refractivity contribution in [1.82, 2.24) is 5.01 Å². The van der Waals surface area contributed by atoms with E-state index in [-0.39, 0.29) is 5.97 Å². The van der Waals surface area contributed by atoms with Gasteiger partial charge in [0.2, 0.25) is 0 Å². The number of piperidine rings is 1. The highest BCUT2D eigenvalue weighted by Gasteiger charge is 2.22. The number of nitrogens with zero attached hydrogens (tertiary/aromatic N) is 2. The van der Waals surface area contributed by atoms with Gasteiger partial charge in [-0.25, -0.2) is 4.79 Å². The summed E-state index contributed by atoms with van der Waals surface area (Å²) in [5, 5.41) is 6.78. The van der Waals surface area contributed by atoms with E-state index in [1.54, 1.807) is 12.1 Å². The Morgan fingerprint density at radius 1 is 1.25 bits per heavy atom. The van der Waals surface area contributed by atoms with E-state index >= 15 is 0 Å². The van der Waals surface area contributed by atoms with Gasteiger partial charge in [-0.3, -0.25) is 5.01 Å². The van der Waals surface area contributed by atoms with Gasteiger partial charge in [0.1, 0.15) is 0 Å². The quantitative estimate of drug-likeness (QED) is 0.628.